The molecular formula is C12H9BrFNO. The highest BCUT2D eigenvalue weighted by Gasteiger charge is 2.06. The van der Waals surface area contributed by atoms with Crippen LogP contribution in [0.1, 0.15) is 5.56 Å². The van der Waals surface area contributed by atoms with Gasteiger partial charge in [0.2, 0.25) is 0 Å². The van der Waals surface area contributed by atoms with Gasteiger partial charge >= 0.3 is 0 Å². The van der Waals surface area contributed by atoms with Crippen molar-refractivity contribution in [3.63, 3.8) is 0 Å². The van der Waals surface area contributed by atoms with Crippen molar-refractivity contribution < 1.29 is 9.13 Å². The minimum atomic E-state index is -0.490. The van der Waals surface area contributed by atoms with E-state index < -0.39 is 5.82 Å². The van der Waals surface area contributed by atoms with Gasteiger partial charge in [-0.05, 0) is 46.6 Å². The summed E-state index contributed by atoms with van der Waals surface area (Å²) < 4.78 is 19.3. The molecule has 0 fully saturated rings. The van der Waals surface area contributed by atoms with E-state index >= 15 is 0 Å². The Morgan fingerprint density at radius 3 is 2.81 bits per heavy atom. The first-order valence-corrected chi connectivity index (χ1v) is 5.50. The van der Waals surface area contributed by atoms with Gasteiger partial charge in [-0.2, -0.15) is 0 Å². The van der Waals surface area contributed by atoms with Crippen LogP contribution in [0.15, 0.2) is 41.0 Å². The zero-order valence-corrected chi connectivity index (χ0v) is 10.2. The highest BCUT2D eigenvalue weighted by Crippen LogP contribution is 2.24. The Kier molecular flexibility index (Phi) is 3.19. The molecule has 1 aromatic heterocycles. The number of rotatable bonds is 2. The summed E-state index contributed by atoms with van der Waals surface area (Å²) >= 11 is 3.14. The Morgan fingerprint density at radius 2 is 2.12 bits per heavy atom. The molecule has 16 heavy (non-hydrogen) atoms. The molecule has 2 aromatic rings. The van der Waals surface area contributed by atoms with E-state index in [9.17, 15) is 4.39 Å². The second kappa shape index (κ2) is 4.61. The van der Waals surface area contributed by atoms with Gasteiger partial charge in [-0.1, -0.05) is 12.1 Å². The van der Waals surface area contributed by atoms with Gasteiger partial charge in [0.25, 0.3) is 5.88 Å². The smallest absolute Gasteiger partial charge is 0.255 e. The summed E-state index contributed by atoms with van der Waals surface area (Å²) in [6.07, 6.45) is 1.49. The van der Waals surface area contributed by atoms with Crippen molar-refractivity contribution in [2.75, 3.05) is 0 Å². The van der Waals surface area contributed by atoms with Crippen molar-refractivity contribution in [1.29, 1.82) is 0 Å². The highest BCUT2D eigenvalue weighted by molar-refractivity contribution is 9.10. The fourth-order valence-electron chi connectivity index (χ4n) is 1.27. The minimum Gasteiger partial charge on any atom is -0.436 e. The van der Waals surface area contributed by atoms with E-state index in [0.717, 1.165) is 5.56 Å². The number of nitrogens with zero attached hydrogens (tertiary/aromatic N) is 1. The molecule has 1 aromatic carbocycles. The zero-order chi connectivity index (χ0) is 11.5. The van der Waals surface area contributed by atoms with Gasteiger partial charge < -0.3 is 4.74 Å². The molecule has 0 aliphatic rings. The first-order valence-electron chi connectivity index (χ1n) is 4.71. The molecule has 0 amide bonds. The second-order valence-electron chi connectivity index (χ2n) is 3.36. The number of halogens is 2. The monoisotopic (exact) mass is 281 g/mol. The maximum atomic E-state index is 13.4. The number of ether oxygens (including phenoxy) is 1. The highest BCUT2D eigenvalue weighted by atomic mass is 79.9. The lowest BCUT2D eigenvalue weighted by molar-refractivity contribution is 0.422. The van der Waals surface area contributed by atoms with E-state index in [1.807, 2.05) is 25.1 Å². The number of hydrogen-bond acceptors (Lipinski definition) is 2. The molecule has 0 unspecified atom stereocenters. The minimum absolute atomic E-state index is 0.0196. The third-order valence-corrected chi connectivity index (χ3v) is 2.41. The van der Waals surface area contributed by atoms with Gasteiger partial charge in [0.15, 0.2) is 5.82 Å². The third-order valence-electron chi connectivity index (χ3n) is 1.98. The van der Waals surface area contributed by atoms with Crippen LogP contribution < -0.4 is 4.74 Å². The quantitative estimate of drug-likeness (QED) is 0.827. The van der Waals surface area contributed by atoms with E-state index in [0.29, 0.717) is 10.2 Å². The Labute approximate surface area is 101 Å². The maximum absolute atomic E-state index is 13.4. The SMILES string of the molecule is Cc1cccc(Oc2ncc(Br)cc2F)c1. The molecule has 0 bridgehead atoms. The number of aryl methyl sites for hydroxylation is 1. The number of benzene rings is 1. The van der Waals surface area contributed by atoms with Crippen LogP contribution in [0, 0.1) is 12.7 Å². The van der Waals surface area contributed by atoms with Gasteiger partial charge in [0.05, 0.1) is 0 Å². The summed E-state index contributed by atoms with van der Waals surface area (Å²) in [5, 5.41) is 0. The molecule has 0 aliphatic heterocycles. The van der Waals surface area contributed by atoms with Crippen LogP contribution in [0.2, 0.25) is 0 Å². The van der Waals surface area contributed by atoms with E-state index in [1.54, 1.807) is 6.07 Å². The van der Waals surface area contributed by atoms with Crippen LogP contribution in [0.25, 0.3) is 0 Å². The predicted molar refractivity (Wildman–Crippen MR) is 63.1 cm³/mol. The van der Waals surface area contributed by atoms with Crippen molar-refractivity contribution in [2.24, 2.45) is 0 Å². The van der Waals surface area contributed by atoms with Crippen molar-refractivity contribution in [1.82, 2.24) is 4.98 Å². The van der Waals surface area contributed by atoms with Crippen molar-refractivity contribution >= 4 is 15.9 Å². The lowest BCUT2D eigenvalue weighted by Gasteiger charge is -2.06. The van der Waals surface area contributed by atoms with Gasteiger partial charge in [0, 0.05) is 10.7 Å². The van der Waals surface area contributed by atoms with Crippen molar-refractivity contribution in [2.45, 2.75) is 6.92 Å². The lowest BCUT2D eigenvalue weighted by Crippen LogP contribution is -1.92. The molecule has 0 saturated heterocycles. The molecule has 2 nitrogen and oxygen atoms in total. The Balaban J connectivity index is 2.27. The van der Waals surface area contributed by atoms with Gasteiger partial charge in [0.1, 0.15) is 5.75 Å². The Morgan fingerprint density at radius 1 is 1.31 bits per heavy atom. The molecule has 0 saturated carbocycles. The average molecular weight is 282 g/mol. The van der Waals surface area contributed by atoms with Crippen LogP contribution in [-0.4, -0.2) is 4.98 Å². The lowest BCUT2D eigenvalue weighted by atomic mass is 10.2. The molecule has 2 rings (SSSR count). The summed E-state index contributed by atoms with van der Waals surface area (Å²) in [6, 6.07) is 8.69. The molecule has 0 radical (unpaired) electrons. The van der Waals surface area contributed by atoms with Crippen LogP contribution in [0.4, 0.5) is 4.39 Å². The summed E-state index contributed by atoms with van der Waals surface area (Å²) in [5.74, 6) is 0.0680. The number of pyridine rings is 1. The van der Waals surface area contributed by atoms with E-state index in [1.165, 1.54) is 12.3 Å². The summed E-state index contributed by atoms with van der Waals surface area (Å²) in [6.45, 7) is 1.94. The van der Waals surface area contributed by atoms with E-state index in [-0.39, 0.29) is 5.88 Å². The Hall–Kier alpha value is -1.42. The largest absolute Gasteiger partial charge is 0.436 e. The standard InChI is InChI=1S/C12H9BrFNO/c1-8-3-2-4-10(5-8)16-12-11(14)6-9(13)7-15-12/h2-7H,1H3. The average Bonchev–Trinajstić information content (AvgIpc) is 2.22. The van der Waals surface area contributed by atoms with Gasteiger partial charge in [-0.25, -0.2) is 9.37 Å². The topological polar surface area (TPSA) is 22.1 Å². The predicted octanol–water partition coefficient (Wildman–Crippen LogP) is 4.08. The molecule has 0 aliphatic carbocycles. The maximum Gasteiger partial charge on any atom is 0.255 e. The summed E-state index contributed by atoms with van der Waals surface area (Å²) in [5.41, 5.74) is 1.05. The number of hydrogen-bond donors (Lipinski definition) is 0. The fraction of sp³-hybridized carbons (Fsp3) is 0.0833. The van der Waals surface area contributed by atoms with E-state index in [2.05, 4.69) is 20.9 Å². The molecule has 82 valence electrons. The van der Waals surface area contributed by atoms with Crippen LogP contribution >= 0.6 is 15.9 Å². The third kappa shape index (κ3) is 2.58. The Bertz CT molecular complexity index is 516. The van der Waals surface area contributed by atoms with Gasteiger partial charge in [-0.3, -0.25) is 0 Å². The number of aromatic nitrogens is 1. The molecule has 0 N–H and O–H groups in total. The first-order chi connectivity index (χ1) is 7.65. The van der Waals surface area contributed by atoms with Gasteiger partial charge in [-0.15, -0.1) is 0 Å². The molecular weight excluding hydrogens is 273 g/mol. The molecule has 0 spiro atoms. The summed E-state index contributed by atoms with van der Waals surface area (Å²) in [4.78, 5) is 3.86. The molecule has 4 heteroatoms. The van der Waals surface area contributed by atoms with E-state index in [4.69, 9.17) is 4.74 Å². The van der Waals surface area contributed by atoms with Crippen LogP contribution in [-0.2, 0) is 0 Å². The summed E-state index contributed by atoms with van der Waals surface area (Å²) in [7, 11) is 0. The first kappa shape index (κ1) is 11.1. The fourth-order valence-corrected chi connectivity index (χ4v) is 1.57. The molecule has 0 atom stereocenters. The molecule has 1 heterocycles. The van der Waals surface area contributed by atoms with Crippen molar-refractivity contribution in [3.8, 4) is 11.6 Å². The zero-order valence-electron chi connectivity index (χ0n) is 8.58. The van der Waals surface area contributed by atoms with Crippen molar-refractivity contribution in [3.05, 3.63) is 52.4 Å². The van der Waals surface area contributed by atoms with Crippen LogP contribution in [0.5, 0.6) is 11.6 Å². The normalized spacial score (nSPS) is 10.2. The second-order valence-corrected chi connectivity index (χ2v) is 4.27. The van der Waals surface area contributed by atoms with Crippen LogP contribution in [0.3, 0.4) is 0 Å².